The molecule has 0 saturated heterocycles. The highest BCUT2D eigenvalue weighted by Crippen LogP contribution is 2.27. The molecule has 1 aromatic carbocycles. The van der Waals surface area contributed by atoms with Gasteiger partial charge < -0.3 is 15.6 Å². The minimum atomic E-state index is -0.0255. The fourth-order valence-corrected chi connectivity index (χ4v) is 1.94. The minimum absolute atomic E-state index is 0.00885. The molecular weight excluding hydrogens is 226 g/mol. The largest absolute Gasteiger partial charge is 0.488 e. The van der Waals surface area contributed by atoms with Gasteiger partial charge in [-0.25, -0.2) is 0 Å². The van der Waals surface area contributed by atoms with Crippen LogP contribution in [0.2, 0.25) is 0 Å². The SMILES string of the molecule is CCC(N)C(Oc1ccc(CO)cc1)C(C)(C)C. The third kappa shape index (κ3) is 4.00. The number of hydrogen-bond acceptors (Lipinski definition) is 3. The van der Waals surface area contributed by atoms with E-state index in [1.54, 1.807) is 0 Å². The van der Waals surface area contributed by atoms with Gasteiger partial charge in [0, 0.05) is 11.5 Å². The Bertz CT molecular complexity index is 354. The topological polar surface area (TPSA) is 55.5 Å². The Hall–Kier alpha value is -1.06. The van der Waals surface area contributed by atoms with E-state index >= 15 is 0 Å². The monoisotopic (exact) mass is 251 g/mol. The van der Waals surface area contributed by atoms with Gasteiger partial charge in [-0.3, -0.25) is 0 Å². The summed E-state index contributed by atoms with van der Waals surface area (Å²) in [6.45, 7) is 8.53. The molecule has 2 unspecified atom stereocenters. The molecule has 3 heteroatoms. The lowest BCUT2D eigenvalue weighted by atomic mass is 9.84. The lowest BCUT2D eigenvalue weighted by Crippen LogP contribution is -2.47. The van der Waals surface area contributed by atoms with Crippen molar-refractivity contribution in [3.63, 3.8) is 0 Å². The van der Waals surface area contributed by atoms with Gasteiger partial charge in [-0.2, -0.15) is 0 Å². The summed E-state index contributed by atoms with van der Waals surface area (Å²) in [7, 11) is 0. The normalized spacial score (nSPS) is 15.2. The molecule has 0 radical (unpaired) electrons. The molecule has 0 amide bonds. The number of hydrogen-bond donors (Lipinski definition) is 2. The van der Waals surface area contributed by atoms with Gasteiger partial charge in [-0.15, -0.1) is 0 Å². The molecular formula is C15H25NO2. The summed E-state index contributed by atoms with van der Waals surface area (Å²) in [4.78, 5) is 0. The van der Waals surface area contributed by atoms with E-state index in [1.165, 1.54) is 0 Å². The Labute approximate surface area is 110 Å². The van der Waals surface area contributed by atoms with Crippen molar-refractivity contribution in [2.75, 3.05) is 0 Å². The van der Waals surface area contributed by atoms with Crippen molar-refractivity contribution in [1.29, 1.82) is 0 Å². The van der Waals surface area contributed by atoms with Crippen molar-refractivity contribution >= 4 is 0 Å². The van der Waals surface area contributed by atoms with Crippen LogP contribution < -0.4 is 10.5 Å². The number of aliphatic hydroxyl groups excluding tert-OH is 1. The van der Waals surface area contributed by atoms with Gasteiger partial charge in [-0.05, 0) is 24.1 Å². The average Bonchev–Trinajstić information content (AvgIpc) is 2.34. The number of nitrogens with two attached hydrogens (primary N) is 1. The van der Waals surface area contributed by atoms with E-state index in [1.807, 2.05) is 24.3 Å². The zero-order valence-corrected chi connectivity index (χ0v) is 11.8. The quantitative estimate of drug-likeness (QED) is 0.846. The summed E-state index contributed by atoms with van der Waals surface area (Å²) in [5.41, 5.74) is 7.02. The van der Waals surface area contributed by atoms with Crippen molar-refractivity contribution in [2.45, 2.75) is 52.9 Å². The first kappa shape index (κ1) is 15.0. The Morgan fingerprint density at radius 1 is 1.22 bits per heavy atom. The zero-order chi connectivity index (χ0) is 13.8. The molecule has 3 N–H and O–H groups in total. The van der Waals surface area contributed by atoms with Crippen LogP contribution in [0.15, 0.2) is 24.3 Å². The van der Waals surface area contributed by atoms with Crippen LogP contribution >= 0.6 is 0 Å². The van der Waals surface area contributed by atoms with Crippen LogP contribution in [0.1, 0.15) is 39.7 Å². The second kappa shape index (κ2) is 6.21. The van der Waals surface area contributed by atoms with Gasteiger partial charge in [0.1, 0.15) is 11.9 Å². The predicted octanol–water partition coefficient (Wildman–Crippen LogP) is 2.71. The average molecular weight is 251 g/mol. The summed E-state index contributed by atoms with van der Waals surface area (Å²) >= 11 is 0. The van der Waals surface area contributed by atoms with Crippen LogP contribution in [0.3, 0.4) is 0 Å². The van der Waals surface area contributed by atoms with Gasteiger partial charge in [-0.1, -0.05) is 39.8 Å². The third-order valence-electron chi connectivity index (χ3n) is 3.08. The Morgan fingerprint density at radius 2 is 1.78 bits per heavy atom. The second-order valence-electron chi connectivity index (χ2n) is 5.78. The molecule has 2 atom stereocenters. The maximum atomic E-state index is 9.01. The third-order valence-corrected chi connectivity index (χ3v) is 3.08. The predicted molar refractivity (Wildman–Crippen MR) is 74.5 cm³/mol. The lowest BCUT2D eigenvalue weighted by molar-refractivity contribution is 0.0621. The van der Waals surface area contributed by atoms with Gasteiger partial charge in [0.05, 0.1) is 6.61 Å². The van der Waals surface area contributed by atoms with Crippen molar-refractivity contribution in [3.05, 3.63) is 29.8 Å². The molecule has 0 bridgehead atoms. The van der Waals surface area contributed by atoms with Gasteiger partial charge in [0.25, 0.3) is 0 Å². The van der Waals surface area contributed by atoms with Crippen LogP contribution in [-0.2, 0) is 6.61 Å². The molecule has 18 heavy (non-hydrogen) atoms. The fraction of sp³-hybridized carbons (Fsp3) is 0.600. The van der Waals surface area contributed by atoms with Crippen LogP contribution in [0, 0.1) is 5.41 Å². The number of benzene rings is 1. The summed E-state index contributed by atoms with van der Waals surface area (Å²) in [5.74, 6) is 0.802. The molecule has 0 spiro atoms. The van der Waals surface area contributed by atoms with E-state index < -0.39 is 0 Å². The molecule has 102 valence electrons. The minimum Gasteiger partial charge on any atom is -0.488 e. The molecule has 1 rings (SSSR count). The highest BCUT2D eigenvalue weighted by molar-refractivity contribution is 5.27. The number of ether oxygens (including phenoxy) is 1. The lowest BCUT2D eigenvalue weighted by Gasteiger charge is -2.35. The first-order valence-corrected chi connectivity index (χ1v) is 6.50. The smallest absolute Gasteiger partial charge is 0.119 e. The van der Waals surface area contributed by atoms with Gasteiger partial charge in [0.15, 0.2) is 0 Å². The zero-order valence-electron chi connectivity index (χ0n) is 11.8. The number of rotatable bonds is 5. The number of aliphatic hydroxyl groups is 1. The summed E-state index contributed by atoms with van der Waals surface area (Å²) in [6.07, 6.45) is 0.860. The van der Waals surface area contributed by atoms with E-state index in [2.05, 4.69) is 27.7 Å². The molecule has 3 nitrogen and oxygen atoms in total. The Balaban J connectivity index is 2.82. The molecule has 0 saturated carbocycles. The standard InChI is InChI=1S/C15H25NO2/c1-5-13(16)14(15(2,3)4)18-12-8-6-11(10-17)7-9-12/h6-9,13-14,17H,5,10,16H2,1-4H3. The van der Waals surface area contributed by atoms with Crippen LogP contribution in [-0.4, -0.2) is 17.3 Å². The molecule has 1 aromatic rings. The van der Waals surface area contributed by atoms with Crippen molar-refractivity contribution in [2.24, 2.45) is 11.1 Å². The van der Waals surface area contributed by atoms with Crippen molar-refractivity contribution in [3.8, 4) is 5.75 Å². The van der Waals surface area contributed by atoms with E-state index in [9.17, 15) is 0 Å². The first-order valence-electron chi connectivity index (χ1n) is 6.50. The van der Waals surface area contributed by atoms with E-state index in [4.69, 9.17) is 15.6 Å². The van der Waals surface area contributed by atoms with E-state index in [0.29, 0.717) is 0 Å². The maximum Gasteiger partial charge on any atom is 0.119 e. The molecule has 0 fully saturated rings. The summed E-state index contributed by atoms with van der Waals surface area (Å²) < 4.78 is 6.02. The maximum absolute atomic E-state index is 9.01. The second-order valence-corrected chi connectivity index (χ2v) is 5.78. The Kier molecular flexibility index (Phi) is 5.17. The first-order chi connectivity index (χ1) is 8.38. The molecule has 0 aliphatic rings. The van der Waals surface area contributed by atoms with Crippen molar-refractivity contribution in [1.82, 2.24) is 0 Å². The summed E-state index contributed by atoms with van der Waals surface area (Å²) in [6, 6.07) is 7.51. The highest BCUT2D eigenvalue weighted by Gasteiger charge is 2.31. The van der Waals surface area contributed by atoms with E-state index in [-0.39, 0.29) is 24.2 Å². The Morgan fingerprint density at radius 3 is 2.17 bits per heavy atom. The fourth-order valence-electron chi connectivity index (χ4n) is 1.94. The molecule has 0 aromatic heterocycles. The van der Waals surface area contributed by atoms with Crippen LogP contribution in [0.4, 0.5) is 0 Å². The van der Waals surface area contributed by atoms with E-state index in [0.717, 1.165) is 17.7 Å². The van der Waals surface area contributed by atoms with Gasteiger partial charge >= 0.3 is 0 Å². The molecule has 0 aliphatic heterocycles. The molecule has 0 aliphatic carbocycles. The van der Waals surface area contributed by atoms with Crippen molar-refractivity contribution < 1.29 is 9.84 Å². The highest BCUT2D eigenvalue weighted by atomic mass is 16.5. The van der Waals surface area contributed by atoms with Crippen LogP contribution in [0.25, 0.3) is 0 Å². The molecule has 0 heterocycles. The van der Waals surface area contributed by atoms with Crippen LogP contribution in [0.5, 0.6) is 5.75 Å². The summed E-state index contributed by atoms with van der Waals surface area (Å²) in [5, 5.41) is 9.01. The van der Waals surface area contributed by atoms with Gasteiger partial charge in [0.2, 0.25) is 0 Å².